The van der Waals surface area contributed by atoms with E-state index in [1.165, 1.54) is 0 Å². The monoisotopic (exact) mass is 291 g/mol. The van der Waals surface area contributed by atoms with Crippen LogP contribution < -0.4 is 4.74 Å². The molecule has 0 aliphatic heterocycles. The second-order valence-electron chi connectivity index (χ2n) is 4.00. The Morgan fingerprint density at radius 2 is 1.95 bits per heavy atom. The summed E-state index contributed by atoms with van der Waals surface area (Å²) >= 11 is 11.8. The second kappa shape index (κ2) is 6.47. The highest BCUT2D eigenvalue weighted by Gasteiger charge is 2.03. The zero-order valence-corrected chi connectivity index (χ0v) is 11.6. The van der Waals surface area contributed by atoms with Crippen LogP contribution in [0, 0.1) is 11.3 Å². The van der Waals surface area contributed by atoms with Gasteiger partial charge in [-0.2, -0.15) is 5.26 Å². The molecule has 19 heavy (non-hydrogen) atoms. The van der Waals surface area contributed by atoms with Crippen molar-refractivity contribution in [2.45, 2.75) is 12.5 Å². The maximum Gasteiger partial charge on any atom is 0.138 e. The molecule has 0 radical (unpaired) electrons. The van der Waals surface area contributed by atoms with E-state index in [2.05, 4.69) is 6.07 Å². The summed E-state index contributed by atoms with van der Waals surface area (Å²) in [5, 5.41) is 9.36. The highest BCUT2D eigenvalue weighted by atomic mass is 35.5. The van der Waals surface area contributed by atoms with Crippen LogP contribution in [0.3, 0.4) is 0 Å². The third kappa shape index (κ3) is 3.64. The number of alkyl halides is 1. The Labute approximate surface area is 122 Å². The molecule has 0 atom stereocenters. The molecule has 0 heterocycles. The topological polar surface area (TPSA) is 33.0 Å². The molecule has 2 aromatic rings. The van der Waals surface area contributed by atoms with Gasteiger partial charge in [0.25, 0.3) is 0 Å². The van der Waals surface area contributed by atoms with Crippen LogP contribution in [0.2, 0.25) is 5.02 Å². The molecule has 2 rings (SSSR count). The molecule has 0 saturated carbocycles. The van der Waals surface area contributed by atoms with Crippen molar-refractivity contribution in [2.75, 3.05) is 0 Å². The van der Waals surface area contributed by atoms with Crippen molar-refractivity contribution in [3.8, 4) is 11.8 Å². The SMILES string of the molecule is N#Cc1cccc(COc2ccc(CCl)cc2Cl)c1. The van der Waals surface area contributed by atoms with Crippen LogP contribution >= 0.6 is 23.2 Å². The van der Waals surface area contributed by atoms with E-state index in [0.717, 1.165) is 11.1 Å². The molecular formula is C15H11Cl2NO. The number of benzene rings is 2. The first kappa shape index (κ1) is 13.7. The van der Waals surface area contributed by atoms with Gasteiger partial charge in [-0.15, -0.1) is 11.6 Å². The number of hydrogen-bond acceptors (Lipinski definition) is 2. The minimum absolute atomic E-state index is 0.370. The van der Waals surface area contributed by atoms with Crippen LogP contribution in [0.1, 0.15) is 16.7 Å². The molecule has 0 N–H and O–H groups in total. The summed E-state index contributed by atoms with van der Waals surface area (Å²) in [5.74, 6) is 1.03. The molecule has 4 heteroatoms. The van der Waals surface area contributed by atoms with Gasteiger partial charge in [-0.1, -0.05) is 29.8 Å². The number of ether oxygens (including phenoxy) is 1. The summed E-state index contributed by atoms with van der Waals surface area (Å²) in [4.78, 5) is 0. The van der Waals surface area contributed by atoms with Gasteiger partial charge < -0.3 is 4.74 Å². The fourth-order valence-corrected chi connectivity index (χ4v) is 2.06. The van der Waals surface area contributed by atoms with Crippen LogP contribution in [0.15, 0.2) is 42.5 Å². The number of rotatable bonds is 4. The third-order valence-corrected chi connectivity index (χ3v) is 3.20. The van der Waals surface area contributed by atoms with E-state index in [0.29, 0.717) is 28.8 Å². The Morgan fingerprint density at radius 3 is 2.63 bits per heavy atom. The Balaban J connectivity index is 2.08. The number of nitriles is 1. The fourth-order valence-electron chi connectivity index (χ4n) is 1.64. The van der Waals surface area contributed by atoms with Crippen molar-refractivity contribution in [3.05, 3.63) is 64.2 Å². The lowest BCUT2D eigenvalue weighted by atomic mass is 10.1. The first-order chi connectivity index (χ1) is 9.22. The van der Waals surface area contributed by atoms with E-state index in [1.54, 1.807) is 24.3 Å². The van der Waals surface area contributed by atoms with E-state index in [9.17, 15) is 0 Å². The van der Waals surface area contributed by atoms with Crippen molar-refractivity contribution < 1.29 is 4.74 Å². The predicted molar refractivity (Wildman–Crippen MR) is 76.5 cm³/mol. The van der Waals surface area contributed by atoms with Gasteiger partial charge in [-0.25, -0.2) is 0 Å². The third-order valence-electron chi connectivity index (χ3n) is 2.60. The van der Waals surface area contributed by atoms with Crippen molar-refractivity contribution in [1.29, 1.82) is 5.26 Å². The van der Waals surface area contributed by atoms with E-state index in [4.69, 9.17) is 33.2 Å². The molecule has 0 saturated heterocycles. The lowest BCUT2D eigenvalue weighted by Crippen LogP contribution is -1.96. The molecule has 0 aliphatic rings. The lowest BCUT2D eigenvalue weighted by Gasteiger charge is -2.09. The van der Waals surface area contributed by atoms with Crippen LogP contribution in [0.25, 0.3) is 0 Å². The van der Waals surface area contributed by atoms with Crippen LogP contribution in [0.5, 0.6) is 5.75 Å². The summed E-state index contributed by atoms with van der Waals surface area (Å²) in [6, 6.07) is 14.8. The van der Waals surface area contributed by atoms with E-state index in [-0.39, 0.29) is 0 Å². The maximum absolute atomic E-state index is 8.82. The Morgan fingerprint density at radius 1 is 1.11 bits per heavy atom. The Kier molecular flexibility index (Phi) is 4.68. The van der Waals surface area contributed by atoms with Crippen LogP contribution in [-0.2, 0) is 12.5 Å². The highest BCUT2D eigenvalue weighted by molar-refractivity contribution is 6.32. The normalized spacial score (nSPS) is 9.95. The molecule has 0 aromatic heterocycles. The summed E-state index contributed by atoms with van der Waals surface area (Å²) in [7, 11) is 0. The van der Waals surface area contributed by atoms with E-state index in [1.807, 2.05) is 18.2 Å². The molecule has 0 aliphatic carbocycles. The molecular weight excluding hydrogens is 281 g/mol. The van der Waals surface area contributed by atoms with Gasteiger partial charge in [0.1, 0.15) is 12.4 Å². The Hall–Kier alpha value is -1.69. The standard InChI is InChI=1S/C15H11Cl2NO/c16-8-11-4-5-15(14(17)7-11)19-10-13-3-1-2-12(6-13)9-18/h1-7H,8,10H2. The highest BCUT2D eigenvalue weighted by Crippen LogP contribution is 2.26. The summed E-state index contributed by atoms with van der Waals surface area (Å²) < 4.78 is 5.64. The fraction of sp³-hybridized carbons (Fsp3) is 0.133. The number of nitrogens with zero attached hydrogens (tertiary/aromatic N) is 1. The van der Waals surface area contributed by atoms with Crippen molar-refractivity contribution >= 4 is 23.2 Å². The lowest BCUT2D eigenvalue weighted by molar-refractivity contribution is 0.306. The maximum atomic E-state index is 8.82. The number of halogens is 2. The minimum atomic E-state index is 0.370. The first-order valence-corrected chi connectivity index (χ1v) is 6.60. The predicted octanol–water partition coefficient (Wildman–Crippen LogP) is 4.53. The molecule has 0 bridgehead atoms. The average Bonchev–Trinajstić information content (AvgIpc) is 2.46. The molecule has 0 fully saturated rings. The first-order valence-electron chi connectivity index (χ1n) is 5.69. The second-order valence-corrected chi connectivity index (χ2v) is 4.67. The zero-order chi connectivity index (χ0) is 13.7. The summed E-state index contributed by atoms with van der Waals surface area (Å²) in [6.07, 6.45) is 0. The van der Waals surface area contributed by atoms with Gasteiger partial charge in [-0.3, -0.25) is 0 Å². The molecule has 2 aromatic carbocycles. The quantitative estimate of drug-likeness (QED) is 0.776. The van der Waals surface area contributed by atoms with Gasteiger partial charge in [0, 0.05) is 5.88 Å². The molecule has 96 valence electrons. The zero-order valence-electron chi connectivity index (χ0n) is 10.1. The summed E-state index contributed by atoms with van der Waals surface area (Å²) in [5.41, 5.74) is 2.49. The van der Waals surface area contributed by atoms with Crippen molar-refractivity contribution in [3.63, 3.8) is 0 Å². The molecule has 0 amide bonds. The van der Waals surface area contributed by atoms with Crippen molar-refractivity contribution in [1.82, 2.24) is 0 Å². The van der Waals surface area contributed by atoms with Gasteiger partial charge in [0.2, 0.25) is 0 Å². The van der Waals surface area contributed by atoms with Crippen LogP contribution in [-0.4, -0.2) is 0 Å². The smallest absolute Gasteiger partial charge is 0.138 e. The minimum Gasteiger partial charge on any atom is -0.487 e. The van der Waals surface area contributed by atoms with Gasteiger partial charge in [-0.05, 0) is 35.4 Å². The van der Waals surface area contributed by atoms with Crippen LogP contribution in [0.4, 0.5) is 0 Å². The molecule has 0 spiro atoms. The average molecular weight is 292 g/mol. The number of hydrogen-bond donors (Lipinski definition) is 0. The van der Waals surface area contributed by atoms with E-state index < -0.39 is 0 Å². The van der Waals surface area contributed by atoms with E-state index >= 15 is 0 Å². The summed E-state index contributed by atoms with van der Waals surface area (Å²) in [6.45, 7) is 0.370. The Bertz CT molecular complexity index is 620. The molecule has 0 unspecified atom stereocenters. The van der Waals surface area contributed by atoms with Gasteiger partial charge >= 0.3 is 0 Å². The van der Waals surface area contributed by atoms with Gasteiger partial charge in [0.05, 0.1) is 16.7 Å². The van der Waals surface area contributed by atoms with Gasteiger partial charge in [0.15, 0.2) is 0 Å². The molecule has 2 nitrogen and oxygen atoms in total. The largest absolute Gasteiger partial charge is 0.487 e. The van der Waals surface area contributed by atoms with Crippen molar-refractivity contribution in [2.24, 2.45) is 0 Å².